The molecule has 0 bridgehead atoms. The average molecular weight is 322 g/mol. The summed E-state index contributed by atoms with van der Waals surface area (Å²) in [4.78, 5) is 10.6. The number of aliphatic hydroxyl groups is 4. The third-order valence-electron chi connectivity index (χ3n) is 4.00. The van der Waals surface area contributed by atoms with Gasteiger partial charge >= 0.3 is 5.97 Å². The lowest BCUT2D eigenvalue weighted by Crippen LogP contribution is -2.38. The number of rotatable bonds is 9. The van der Waals surface area contributed by atoms with E-state index in [9.17, 15) is 20.1 Å². The summed E-state index contributed by atoms with van der Waals surface area (Å²) in [5, 5.41) is 47.1. The maximum absolute atomic E-state index is 10.6. The monoisotopic (exact) mass is 322 g/mol. The number of hydrogen-bond acceptors (Lipinski definition) is 7. The second-order valence-electron chi connectivity index (χ2n) is 5.75. The van der Waals surface area contributed by atoms with Gasteiger partial charge in [-0.1, -0.05) is 20.3 Å². The van der Waals surface area contributed by atoms with Crippen LogP contribution in [-0.4, -0.2) is 74.9 Å². The van der Waals surface area contributed by atoms with Gasteiger partial charge in [-0.25, -0.2) is 0 Å². The summed E-state index contributed by atoms with van der Waals surface area (Å²) < 4.78 is 10.9. The van der Waals surface area contributed by atoms with Crippen LogP contribution in [0, 0.1) is 5.92 Å². The van der Waals surface area contributed by atoms with Crippen molar-refractivity contribution in [2.75, 3.05) is 6.61 Å². The highest BCUT2D eigenvalue weighted by Gasteiger charge is 2.44. The molecule has 1 fully saturated rings. The van der Waals surface area contributed by atoms with Gasteiger partial charge in [0.2, 0.25) is 0 Å². The number of ether oxygens (including phenoxy) is 2. The Morgan fingerprint density at radius 2 is 1.95 bits per heavy atom. The molecule has 0 amide bonds. The number of aliphatic carboxylic acids is 1. The molecule has 0 radical (unpaired) electrons. The van der Waals surface area contributed by atoms with Crippen LogP contribution in [0.4, 0.5) is 0 Å². The summed E-state index contributed by atoms with van der Waals surface area (Å²) in [5.74, 6) is -1.12. The first-order valence-corrected chi connectivity index (χ1v) is 7.47. The molecule has 0 saturated carbocycles. The van der Waals surface area contributed by atoms with Crippen LogP contribution in [0.1, 0.15) is 33.1 Å². The van der Waals surface area contributed by atoms with Gasteiger partial charge in [0.15, 0.2) is 6.29 Å². The maximum Gasteiger partial charge on any atom is 0.305 e. The van der Waals surface area contributed by atoms with E-state index in [1.807, 2.05) is 13.8 Å². The Morgan fingerprint density at radius 1 is 1.32 bits per heavy atom. The molecule has 7 atom stereocenters. The Balaban J connectivity index is 2.67. The summed E-state index contributed by atoms with van der Waals surface area (Å²) in [6, 6.07) is 0. The zero-order valence-corrected chi connectivity index (χ0v) is 12.8. The summed E-state index contributed by atoms with van der Waals surface area (Å²) in [6.45, 7) is 3.34. The average Bonchev–Trinajstić information content (AvgIpc) is 2.72. The minimum absolute atomic E-state index is 0.00966. The van der Waals surface area contributed by atoms with Gasteiger partial charge in [-0.2, -0.15) is 0 Å². The Morgan fingerprint density at radius 3 is 2.41 bits per heavy atom. The smallest absolute Gasteiger partial charge is 0.305 e. The van der Waals surface area contributed by atoms with Crippen molar-refractivity contribution in [3.05, 3.63) is 0 Å². The van der Waals surface area contributed by atoms with Crippen molar-refractivity contribution in [3.63, 3.8) is 0 Å². The van der Waals surface area contributed by atoms with E-state index in [1.54, 1.807) is 0 Å². The second kappa shape index (κ2) is 8.76. The molecular weight excluding hydrogens is 296 g/mol. The Bertz CT molecular complexity index is 350. The van der Waals surface area contributed by atoms with E-state index in [2.05, 4.69) is 0 Å². The van der Waals surface area contributed by atoms with Gasteiger partial charge in [0.1, 0.15) is 18.3 Å². The van der Waals surface area contributed by atoms with Crippen LogP contribution in [0.25, 0.3) is 0 Å². The van der Waals surface area contributed by atoms with Gasteiger partial charge in [-0.3, -0.25) is 4.79 Å². The van der Waals surface area contributed by atoms with Crippen LogP contribution in [0.3, 0.4) is 0 Å². The van der Waals surface area contributed by atoms with Gasteiger partial charge in [0.05, 0.1) is 25.2 Å². The summed E-state index contributed by atoms with van der Waals surface area (Å²) in [5.41, 5.74) is 0. The molecule has 8 nitrogen and oxygen atoms in total. The molecule has 1 rings (SSSR count). The van der Waals surface area contributed by atoms with E-state index in [0.29, 0.717) is 0 Å². The lowest BCUT2D eigenvalue weighted by atomic mass is 9.95. The predicted molar refractivity (Wildman–Crippen MR) is 75.0 cm³/mol. The third kappa shape index (κ3) is 5.15. The first-order valence-electron chi connectivity index (χ1n) is 7.47. The predicted octanol–water partition coefficient (Wildman–Crippen LogP) is -0.918. The minimum Gasteiger partial charge on any atom is -0.481 e. The van der Waals surface area contributed by atoms with E-state index in [-0.39, 0.29) is 12.3 Å². The molecule has 1 aliphatic rings. The number of carboxylic acids is 1. The molecular formula is C14H26O8. The van der Waals surface area contributed by atoms with Gasteiger partial charge in [0, 0.05) is 6.42 Å². The van der Waals surface area contributed by atoms with E-state index in [1.165, 1.54) is 0 Å². The molecule has 0 aliphatic carbocycles. The SMILES string of the molecule is CC[C@H](C)[C@@H](C[C@@H](O)CC(=O)O)O[C@@H]1O[C@@H](CO)[C@H](O)[C@H]1O. The van der Waals surface area contributed by atoms with Crippen molar-refractivity contribution >= 4 is 5.97 Å². The molecule has 0 aromatic rings. The van der Waals surface area contributed by atoms with E-state index in [4.69, 9.17) is 19.7 Å². The Hall–Kier alpha value is -0.770. The van der Waals surface area contributed by atoms with Gasteiger partial charge in [0.25, 0.3) is 0 Å². The zero-order valence-electron chi connectivity index (χ0n) is 12.8. The molecule has 1 aliphatic heterocycles. The first-order chi connectivity index (χ1) is 10.3. The molecule has 0 unspecified atom stereocenters. The van der Waals surface area contributed by atoms with Crippen LogP contribution in [0.2, 0.25) is 0 Å². The van der Waals surface area contributed by atoms with Crippen molar-refractivity contribution in [1.29, 1.82) is 0 Å². The van der Waals surface area contributed by atoms with Crippen molar-refractivity contribution < 1.29 is 39.8 Å². The number of carboxylic acid groups (broad SMARTS) is 1. The fraction of sp³-hybridized carbons (Fsp3) is 0.929. The summed E-state index contributed by atoms with van der Waals surface area (Å²) in [7, 11) is 0. The fourth-order valence-electron chi connectivity index (χ4n) is 2.39. The first kappa shape index (κ1) is 19.3. The lowest BCUT2D eigenvalue weighted by Gasteiger charge is -2.29. The quantitative estimate of drug-likeness (QED) is 0.368. The number of hydrogen-bond donors (Lipinski definition) is 5. The largest absolute Gasteiger partial charge is 0.481 e. The van der Waals surface area contributed by atoms with Crippen LogP contribution < -0.4 is 0 Å². The maximum atomic E-state index is 10.6. The van der Waals surface area contributed by atoms with E-state index < -0.39 is 55.8 Å². The molecule has 8 heteroatoms. The molecule has 1 saturated heterocycles. The molecule has 0 aromatic heterocycles. The highest BCUT2D eigenvalue weighted by Crippen LogP contribution is 2.27. The highest BCUT2D eigenvalue weighted by molar-refractivity contribution is 5.67. The number of aliphatic hydroxyl groups excluding tert-OH is 4. The van der Waals surface area contributed by atoms with E-state index in [0.717, 1.165) is 6.42 Å². The molecule has 1 heterocycles. The summed E-state index contributed by atoms with van der Waals surface area (Å²) >= 11 is 0. The molecule has 22 heavy (non-hydrogen) atoms. The van der Waals surface area contributed by atoms with Crippen molar-refractivity contribution in [1.82, 2.24) is 0 Å². The standard InChI is InChI=1S/C14H26O8/c1-3-7(2)9(4-8(16)5-11(17)18)21-14-13(20)12(19)10(6-15)22-14/h7-10,12-16,19-20H,3-6H2,1-2H3,(H,17,18)/t7-,8+,9+,10-,12-,13+,14+/m0/s1. The van der Waals surface area contributed by atoms with Crippen molar-refractivity contribution in [3.8, 4) is 0 Å². The Kier molecular flexibility index (Phi) is 7.67. The van der Waals surface area contributed by atoms with Crippen molar-refractivity contribution in [2.45, 2.75) is 69.9 Å². The highest BCUT2D eigenvalue weighted by atomic mass is 16.7. The third-order valence-corrected chi connectivity index (χ3v) is 4.00. The minimum atomic E-state index is -1.31. The van der Waals surface area contributed by atoms with Gasteiger partial charge in [-0.15, -0.1) is 0 Å². The van der Waals surface area contributed by atoms with Crippen LogP contribution >= 0.6 is 0 Å². The van der Waals surface area contributed by atoms with Gasteiger partial charge in [-0.05, 0) is 5.92 Å². The molecule has 0 aromatic carbocycles. The Labute approximate surface area is 129 Å². The van der Waals surface area contributed by atoms with Crippen LogP contribution in [0.15, 0.2) is 0 Å². The van der Waals surface area contributed by atoms with Crippen LogP contribution in [-0.2, 0) is 14.3 Å². The topological polar surface area (TPSA) is 137 Å². The second-order valence-corrected chi connectivity index (χ2v) is 5.75. The normalized spacial score (nSPS) is 32.6. The van der Waals surface area contributed by atoms with E-state index >= 15 is 0 Å². The summed E-state index contributed by atoms with van der Waals surface area (Å²) in [6.07, 6.45) is -5.82. The zero-order chi connectivity index (χ0) is 16.9. The molecule has 0 spiro atoms. The lowest BCUT2D eigenvalue weighted by molar-refractivity contribution is -0.208. The van der Waals surface area contributed by atoms with Crippen LogP contribution in [0.5, 0.6) is 0 Å². The fourth-order valence-corrected chi connectivity index (χ4v) is 2.39. The molecule has 5 N–H and O–H groups in total. The molecule has 130 valence electrons. The van der Waals surface area contributed by atoms with Crippen molar-refractivity contribution in [2.24, 2.45) is 5.92 Å². The van der Waals surface area contributed by atoms with Gasteiger partial charge < -0.3 is 35.0 Å². The number of carbonyl (C=O) groups is 1.